The van der Waals surface area contributed by atoms with Gasteiger partial charge in [0, 0.05) is 9.75 Å². The number of rotatable bonds is 4. The highest BCUT2D eigenvalue weighted by molar-refractivity contribution is 7.85. The normalized spacial score (nSPS) is 17.1. The van der Waals surface area contributed by atoms with Gasteiger partial charge in [-0.3, -0.25) is 0 Å². The van der Waals surface area contributed by atoms with Gasteiger partial charge in [-0.25, -0.2) is 8.42 Å². The molecule has 8 heteroatoms. The molecule has 0 radical (unpaired) electrons. The largest absolute Gasteiger partial charge is 0.744 e. The SMILES string of the molecule is Cc1sc(C)c2c1OCC(COc1ccc(S(=O)(=O)[O-])cc1)O2. The van der Waals surface area contributed by atoms with Crippen LogP contribution in [0.1, 0.15) is 9.75 Å². The molecule has 1 unspecified atom stereocenters. The van der Waals surface area contributed by atoms with Gasteiger partial charge in [0.25, 0.3) is 0 Å². The second-order valence-electron chi connectivity index (χ2n) is 5.16. The van der Waals surface area contributed by atoms with Crippen molar-refractivity contribution in [1.29, 1.82) is 0 Å². The van der Waals surface area contributed by atoms with Crippen molar-refractivity contribution in [3.05, 3.63) is 34.0 Å². The topological polar surface area (TPSA) is 84.9 Å². The van der Waals surface area contributed by atoms with Crippen molar-refractivity contribution < 1.29 is 27.2 Å². The Labute approximate surface area is 138 Å². The summed E-state index contributed by atoms with van der Waals surface area (Å²) in [7, 11) is -4.44. The van der Waals surface area contributed by atoms with Crippen molar-refractivity contribution in [3.8, 4) is 17.2 Å². The second-order valence-corrected chi connectivity index (χ2v) is 7.97. The average molecular weight is 355 g/mol. The summed E-state index contributed by atoms with van der Waals surface area (Å²) >= 11 is 1.63. The fourth-order valence-corrected chi connectivity index (χ4v) is 3.70. The summed E-state index contributed by atoms with van der Waals surface area (Å²) in [5.74, 6) is 2.03. The summed E-state index contributed by atoms with van der Waals surface area (Å²) in [5.41, 5.74) is 0. The molecule has 124 valence electrons. The fourth-order valence-electron chi connectivity index (χ4n) is 2.30. The Morgan fingerprint density at radius 1 is 1.22 bits per heavy atom. The van der Waals surface area contributed by atoms with E-state index in [4.69, 9.17) is 14.2 Å². The van der Waals surface area contributed by atoms with Gasteiger partial charge in [0.1, 0.15) is 29.1 Å². The Hall–Kier alpha value is -1.77. The molecule has 0 saturated carbocycles. The minimum Gasteiger partial charge on any atom is -0.744 e. The molecule has 1 aromatic carbocycles. The van der Waals surface area contributed by atoms with Crippen LogP contribution in [0.4, 0.5) is 0 Å². The molecule has 0 saturated heterocycles. The van der Waals surface area contributed by atoms with Gasteiger partial charge >= 0.3 is 0 Å². The quantitative estimate of drug-likeness (QED) is 0.784. The van der Waals surface area contributed by atoms with Crippen molar-refractivity contribution in [2.75, 3.05) is 13.2 Å². The second kappa shape index (κ2) is 6.03. The minimum atomic E-state index is -4.44. The molecule has 0 aliphatic carbocycles. The van der Waals surface area contributed by atoms with E-state index in [2.05, 4.69) is 0 Å². The van der Waals surface area contributed by atoms with Gasteiger partial charge < -0.3 is 18.8 Å². The molecule has 1 aliphatic heterocycles. The number of aryl methyl sites for hydroxylation is 2. The van der Waals surface area contributed by atoms with Crippen LogP contribution < -0.4 is 14.2 Å². The Morgan fingerprint density at radius 3 is 2.52 bits per heavy atom. The molecule has 0 spiro atoms. The highest BCUT2D eigenvalue weighted by Gasteiger charge is 2.26. The molecule has 0 bridgehead atoms. The molecule has 0 amide bonds. The van der Waals surface area contributed by atoms with Gasteiger partial charge in [-0.05, 0) is 38.1 Å². The smallest absolute Gasteiger partial charge is 0.175 e. The molecular weight excluding hydrogens is 340 g/mol. The van der Waals surface area contributed by atoms with Crippen LogP contribution in [-0.2, 0) is 10.1 Å². The molecule has 3 rings (SSSR count). The zero-order chi connectivity index (χ0) is 16.6. The van der Waals surface area contributed by atoms with E-state index in [1.165, 1.54) is 24.3 Å². The van der Waals surface area contributed by atoms with E-state index in [-0.39, 0.29) is 17.6 Å². The van der Waals surface area contributed by atoms with E-state index in [9.17, 15) is 13.0 Å². The lowest BCUT2D eigenvalue weighted by Crippen LogP contribution is -2.34. The summed E-state index contributed by atoms with van der Waals surface area (Å²) in [4.78, 5) is 1.87. The van der Waals surface area contributed by atoms with E-state index < -0.39 is 10.1 Å². The van der Waals surface area contributed by atoms with E-state index in [0.29, 0.717) is 12.4 Å². The summed E-state index contributed by atoms with van der Waals surface area (Å²) in [5, 5.41) is 0. The van der Waals surface area contributed by atoms with Gasteiger partial charge in [0.05, 0.1) is 4.90 Å². The van der Waals surface area contributed by atoms with Crippen LogP contribution in [-0.4, -0.2) is 32.3 Å². The lowest BCUT2D eigenvalue weighted by atomic mass is 10.3. The van der Waals surface area contributed by atoms with E-state index in [1.54, 1.807) is 11.3 Å². The first-order valence-corrected chi connectivity index (χ1v) is 9.15. The van der Waals surface area contributed by atoms with Crippen LogP contribution in [0, 0.1) is 13.8 Å². The van der Waals surface area contributed by atoms with Crippen LogP contribution in [0.5, 0.6) is 17.2 Å². The lowest BCUT2D eigenvalue weighted by Gasteiger charge is -2.25. The average Bonchev–Trinajstić information content (AvgIpc) is 2.79. The predicted octanol–water partition coefficient (Wildman–Crippen LogP) is 2.49. The summed E-state index contributed by atoms with van der Waals surface area (Å²) in [6.07, 6.45) is -0.252. The molecule has 1 atom stereocenters. The zero-order valence-corrected chi connectivity index (χ0v) is 14.2. The number of hydrogen-bond donors (Lipinski definition) is 0. The standard InChI is InChI=1S/C15H16O6S2/c1-9-14-15(10(2)22-9)21-12(8-20-14)7-19-11-3-5-13(6-4-11)23(16,17)18/h3-6,12H,7-8H2,1-2H3,(H,16,17,18)/p-1. The first-order chi connectivity index (χ1) is 10.8. The third kappa shape index (κ3) is 3.44. The Balaban J connectivity index is 1.62. The molecular formula is C15H15O6S2-. The predicted molar refractivity (Wildman–Crippen MR) is 83.6 cm³/mol. The molecule has 1 aliphatic rings. The Bertz CT molecular complexity index is 807. The molecule has 2 heterocycles. The monoisotopic (exact) mass is 355 g/mol. The Kier molecular flexibility index (Phi) is 4.22. The maximum absolute atomic E-state index is 10.9. The maximum atomic E-state index is 10.9. The van der Waals surface area contributed by atoms with E-state index in [0.717, 1.165) is 21.3 Å². The number of benzene rings is 1. The van der Waals surface area contributed by atoms with E-state index in [1.807, 2.05) is 13.8 Å². The van der Waals surface area contributed by atoms with Gasteiger partial charge in [0.2, 0.25) is 0 Å². The number of hydrogen-bond acceptors (Lipinski definition) is 7. The molecule has 0 fully saturated rings. The van der Waals surface area contributed by atoms with Crippen LogP contribution in [0.25, 0.3) is 0 Å². The van der Waals surface area contributed by atoms with Crippen molar-refractivity contribution in [1.82, 2.24) is 0 Å². The maximum Gasteiger partial charge on any atom is 0.175 e. The van der Waals surface area contributed by atoms with Crippen LogP contribution in [0.2, 0.25) is 0 Å². The third-order valence-electron chi connectivity index (χ3n) is 3.40. The van der Waals surface area contributed by atoms with Crippen LogP contribution in [0.15, 0.2) is 29.2 Å². The van der Waals surface area contributed by atoms with Gasteiger partial charge in [-0.2, -0.15) is 0 Å². The zero-order valence-electron chi connectivity index (χ0n) is 12.6. The molecule has 6 nitrogen and oxygen atoms in total. The first-order valence-electron chi connectivity index (χ1n) is 6.93. The van der Waals surface area contributed by atoms with Gasteiger partial charge in [0.15, 0.2) is 17.6 Å². The van der Waals surface area contributed by atoms with E-state index >= 15 is 0 Å². The van der Waals surface area contributed by atoms with Crippen molar-refractivity contribution in [2.24, 2.45) is 0 Å². The Morgan fingerprint density at radius 2 is 1.87 bits per heavy atom. The van der Waals surface area contributed by atoms with Crippen molar-refractivity contribution >= 4 is 21.5 Å². The minimum absolute atomic E-state index is 0.252. The van der Waals surface area contributed by atoms with Gasteiger partial charge in [-0.15, -0.1) is 11.3 Å². The lowest BCUT2D eigenvalue weighted by molar-refractivity contribution is 0.0536. The van der Waals surface area contributed by atoms with Crippen molar-refractivity contribution in [2.45, 2.75) is 24.8 Å². The van der Waals surface area contributed by atoms with Crippen LogP contribution in [0.3, 0.4) is 0 Å². The summed E-state index contributed by atoms with van der Waals surface area (Å²) in [6, 6.07) is 5.33. The number of ether oxygens (including phenoxy) is 3. The highest BCUT2D eigenvalue weighted by atomic mass is 32.2. The first kappa shape index (κ1) is 16.1. The number of thiophene rings is 1. The molecule has 0 N–H and O–H groups in total. The molecule has 1 aromatic heterocycles. The van der Waals surface area contributed by atoms with Crippen LogP contribution >= 0.6 is 11.3 Å². The van der Waals surface area contributed by atoms with Gasteiger partial charge in [-0.1, -0.05) is 0 Å². The third-order valence-corrected chi connectivity index (χ3v) is 5.23. The fraction of sp³-hybridized carbons (Fsp3) is 0.333. The highest BCUT2D eigenvalue weighted by Crippen LogP contribution is 2.43. The summed E-state index contributed by atoms with van der Waals surface area (Å²) < 4.78 is 49.8. The summed E-state index contributed by atoms with van der Waals surface area (Å²) in [6.45, 7) is 4.61. The number of fused-ring (bicyclic) bond motifs is 1. The molecule has 23 heavy (non-hydrogen) atoms. The van der Waals surface area contributed by atoms with Crippen molar-refractivity contribution in [3.63, 3.8) is 0 Å². The molecule has 2 aromatic rings.